The van der Waals surface area contributed by atoms with Crippen LogP contribution in [0.25, 0.3) is 0 Å². The normalized spacial score (nSPS) is 10.0. The van der Waals surface area contributed by atoms with Gasteiger partial charge in [0.15, 0.2) is 0 Å². The number of nitrogens with zero attached hydrogens (tertiary/aromatic N) is 1. The molecule has 0 saturated carbocycles. The van der Waals surface area contributed by atoms with E-state index in [1.807, 2.05) is 30.3 Å². The molecule has 2 rings (SSSR count). The first-order valence-electron chi connectivity index (χ1n) is 6.90. The second-order valence-electron chi connectivity index (χ2n) is 4.57. The molecule has 0 aliphatic heterocycles. The Morgan fingerprint density at radius 1 is 1.18 bits per heavy atom. The lowest BCUT2D eigenvalue weighted by atomic mass is 10.2. The molecule has 2 aromatic rings. The van der Waals surface area contributed by atoms with Gasteiger partial charge in [-0.15, -0.1) is 0 Å². The molecule has 0 unspecified atom stereocenters. The number of carbonyl (C=O) groups is 1. The third kappa shape index (κ3) is 4.35. The molecule has 0 spiro atoms. The lowest BCUT2D eigenvalue weighted by molar-refractivity contribution is 0.0951. The molecule has 5 heteroatoms. The molecule has 0 saturated heterocycles. The van der Waals surface area contributed by atoms with Crippen LogP contribution >= 0.6 is 11.8 Å². The molecule has 22 heavy (non-hydrogen) atoms. The summed E-state index contributed by atoms with van der Waals surface area (Å²) in [6.07, 6.45) is 0.546. The summed E-state index contributed by atoms with van der Waals surface area (Å²) in [5.74, 6) is -0.151. The Labute approximate surface area is 133 Å². The first kappa shape index (κ1) is 16.1. The molecule has 0 fully saturated rings. The van der Waals surface area contributed by atoms with Crippen LogP contribution in [0.3, 0.4) is 0 Å². The van der Waals surface area contributed by atoms with E-state index in [9.17, 15) is 4.79 Å². The number of nitrogens with one attached hydrogen (secondary N) is 1. The molecule has 112 valence electrons. The largest absolute Gasteiger partial charge is 0.396 e. The van der Waals surface area contributed by atoms with Crippen molar-refractivity contribution < 1.29 is 9.90 Å². The van der Waals surface area contributed by atoms with Crippen molar-refractivity contribution in [2.75, 3.05) is 13.2 Å². The van der Waals surface area contributed by atoms with Crippen LogP contribution < -0.4 is 5.32 Å². The second kappa shape index (κ2) is 8.23. The van der Waals surface area contributed by atoms with Crippen LogP contribution in [0, 0.1) is 11.3 Å². The Morgan fingerprint density at radius 2 is 1.91 bits per heavy atom. The van der Waals surface area contributed by atoms with Crippen molar-refractivity contribution in [2.24, 2.45) is 0 Å². The van der Waals surface area contributed by atoms with Crippen molar-refractivity contribution in [3.05, 3.63) is 59.7 Å². The maximum Gasteiger partial charge on any atom is 0.251 e. The fraction of sp³-hybridized carbons (Fsp3) is 0.176. The lowest BCUT2D eigenvalue weighted by Crippen LogP contribution is -2.24. The first-order chi connectivity index (χ1) is 10.7. The predicted octanol–water partition coefficient (Wildman–Crippen LogP) is 2.82. The van der Waals surface area contributed by atoms with Gasteiger partial charge in [-0.25, -0.2) is 0 Å². The second-order valence-corrected chi connectivity index (χ2v) is 5.68. The van der Waals surface area contributed by atoms with Gasteiger partial charge in [-0.1, -0.05) is 23.9 Å². The van der Waals surface area contributed by atoms with Gasteiger partial charge in [-0.2, -0.15) is 5.26 Å². The molecule has 2 N–H and O–H groups in total. The Bertz CT molecular complexity index is 678. The topological polar surface area (TPSA) is 73.1 Å². The molecule has 4 nitrogen and oxygen atoms in total. The van der Waals surface area contributed by atoms with Crippen molar-refractivity contribution in [3.63, 3.8) is 0 Å². The third-order valence-electron chi connectivity index (χ3n) is 2.97. The fourth-order valence-electron chi connectivity index (χ4n) is 1.83. The summed E-state index contributed by atoms with van der Waals surface area (Å²) in [7, 11) is 0. The minimum atomic E-state index is -0.151. The average molecular weight is 312 g/mol. The third-order valence-corrected chi connectivity index (χ3v) is 4.06. The van der Waals surface area contributed by atoms with E-state index < -0.39 is 0 Å². The van der Waals surface area contributed by atoms with Crippen LogP contribution in [-0.4, -0.2) is 24.2 Å². The molecular weight excluding hydrogens is 296 g/mol. The van der Waals surface area contributed by atoms with E-state index in [2.05, 4.69) is 11.4 Å². The zero-order valence-corrected chi connectivity index (χ0v) is 12.8. The first-order valence-corrected chi connectivity index (χ1v) is 7.72. The van der Waals surface area contributed by atoms with E-state index >= 15 is 0 Å². The monoisotopic (exact) mass is 312 g/mol. The summed E-state index contributed by atoms with van der Waals surface area (Å²) >= 11 is 1.49. The van der Waals surface area contributed by atoms with Gasteiger partial charge in [0, 0.05) is 28.5 Å². The van der Waals surface area contributed by atoms with Gasteiger partial charge in [-0.3, -0.25) is 4.79 Å². The molecule has 0 aliphatic carbocycles. The van der Waals surface area contributed by atoms with Crippen molar-refractivity contribution in [1.82, 2.24) is 5.32 Å². The van der Waals surface area contributed by atoms with Gasteiger partial charge < -0.3 is 10.4 Å². The van der Waals surface area contributed by atoms with Crippen LogP contribution in [0.1, 0.15) is 22.3 Å². The molecule has 0 radical (unpaired) electrons. The summed E-state index contributed by atoms with van der Waals surface area (Å²) in [4.78, 5) is 13.7. The summed E-state index contributed by atoms with van der Waals surface area (Å²) in [6, 6.07) is 16.8. The number of rotatable bonds is 6. The summed E-state index contributed by atoms with van der Waals surface area (Å²) < 4.78 is 0. The highest BCUT2D eigenvalue weighted by molar-refractivity contribution is 7.99. The van der Waals surface area contributed by atoms with Crippen LogP contribution in [0.2, 0.25) is 0 Å². The van der Waals surface area contributed by atoms with Crippen molar-refractivity contribution in [1.29, 1.82) is 5.26 Å². The van der Waals surface area contributed by atoms with E-state index in [-0.39, 0.29) is 12.5 Å². The molecule has 0 aromatic heterocycles. The van der Waals surface area contributed by atoms with Gasteiger partial charge in [0.1, 0.15) is 6.07 Å². The number of carbonyl (C=O) groups excluding carboxylic acids is 1. The minimum absolute atomic E-state index is 0.0637. The van der Waals surface area contributed by atoms with Crippen molar-refractivity contribution >= 4 is 17.7 Å². The maximum atomic E-state index is 11.8. The fourth-order valence-corrected chi connectivity index (χ4v) is 2.73. The number of hydrogen-bond acceptors (Lipinski definition) is 4. The zero-order chi connectivity index (χ0) is 15.8. The number of aliphatic hydroxyl groups excluding tert-OH is 1. The smallest absolute Gasteiger partial charge is 0.251 e. The van der Waals surface area contributed by atoms with Gasteiger partial charge in [-0.05, 0) is 42.8 Å². The summed E-state index contributed by atoms with van der Waals surface area (Å²) in [5.41, 5.74) is 1.22. The molecule has 0 bridgehead atoms. The van der Waals surface area contributed by atoms with Crippen molar-refractivity contribution in [2.45, 2.75) is 16.2 Å². The van der Waals surface area contributed by atoms with E-state index in [0.29, 0.717) is 24.1 Å². The highest BCUT2D eigenvalue weighted by Gasteiger charge is 2.06. The Kier molecular flexibility index (Phi) is 6.01. The van der Waals surface area contributed by atoms with E-state index in [0.717, 1.165) is 9.79 Å². The van der Waals surface area contributed by atoms with Crippen LogP contribution in [-0.2, 0) is 0 Å². The van der Waals surface area contributed by atoms with Gasteiger partial charge in [0.2, 0.25) is 0 Å². The quantitative estimate of drug-likeness (QED) is 0.805. The predicted molar refractivity (Wildman–Crippen MR) is 85.8 cm³/mol. The highest BCUT2D eigenvalue weighted by Crippen LogP contribution is 2.30. The van der Waals surface area contributed by atoms with Crippen LogP contribution in [0.4, 0.5) is 0 Å². The summed E-state index contributed by atoms with van der Waals surface area (Å²) in [6.45, 7) is 0.523. The van der Waals surface area contributed by atoms with Crippen molar-refractivity contribution in [3.8, 4) is 6.07 Å². The van der Waals surface area contributed by atoms with Crippen LogP contribution in [0.5, 0.6) is 0 Å². The molecule has 0 aliphatic rings. The van der Waals surface area contributed by atoms with Gasteiger partial charge in [0.25, 0.3) is 5.91 Å². The van der Waals surface area contributed by atoms with E-state index in [1.54, 1.807) is 18.2 Å². The van der Waals surface area contributed by atoms with Gasteiger partial charge in [0.05, 0.1) is 5.56 Å². The Balaban J connectivity index is 2.03. The number of amides is 1. The molecular formula is C17H16N2O2S. The minimum Gasteiger partial charge on any atom is -0.396 e. The molecule has 2 aromatic carbocycles. The van der Waals surface area contributed by atoms with Gasteiger partial charge >= 0.3 is 0 Å². The summed E-state index contributed by atoms with van der Waals surface area (Å²) in [5, 5.41) is 20.5. The standard InChI is InChI=1S/C17H16N2O2S/c18-12-14-4-1-2-5-16(14)22-15-8-6-13(7-9-15)17(21)19-10-3-11-20/h1-2,4-9,20H,3,10-11H2,(H,19,21). The lowest BCUT2D eigenvalue weighted by Gasteiger charge is -2.06. The van der Waals surface area contributed by atoms with Crippen LogP contribution in [0.15, 0.2) is 58.3 Å². The molecule has 0 atom stereocenters. The maximum absolute atomic E-state index is 11.8. The SMILES string of the molecule is N#Cc1ccccc1Sc1ccc(C(=O)NCCCO)cc1. The number of benzene rings is 2. The average Bonchev–Trinajstić information content (AvgIpc) is 2.56. The van der Waals surface area contributed by atoms with E-state index in [1.165, 1.54) is 11.8 Å². The number of hydrogen-bond donors (Lipinski definition) is 2. The Morgan fingerprint density at radius 3 is 2.59 bits per heavy atom. The highest BCUT2D eigenvalue weighted by atomic mass is 32.2. The number of nitriles is 1. The molecule has 1 amide bonds. The Hall–Kier alpha value is -2.29. The van der Waals surface area contributed by atoms with E-state index in [4.69, 9.17) is 10.4 Å². The number of aliphatic hydroxyl groups is 1. The molecule has 0 heterocycles. The zero-order valence-electron chi connectivity index (χ0n) is 12.0.